The summed E-state index contributed by atoms with van der Waals surface area (Å²) in [6.07, 6.45) is -5.97. The molecule has 1 aromatic heterocycles. The summed E-state index contributed by atoms with van der Waals surface area (Å²) >= 11 is 5.48. The maximum absolute atomic E-state index is 13.1. The first-order chi connectivity index (χ1) is 13.9. The van der Waals surface area contributed by atoms with Crippen LogP contribution in [-0.4, -0.2) is 18.8 Å². The fourth-order valence-electron chi connectivity index (χ4n) is 2.93. The average Bonchev–Trinajstić information content (AvgIpc) is 2.67. The Labute approximate surface area is 174 Å². The molecule has 3 aromatic rings. The summed E-state index contributed by atoms with van der Waals surface area (Å²) < 4.78 is 80.6. The highest BCUT2D eigenvalue weighted by molar-refractivity contribution is 7.71. The Bertz CT molecular complexity index is 1050. The van der Waals surface area contributed by atoms with Gasteiger partial charge in [-0.3, -0.25) is 4.68 Å². The van der Waals surface area contributed by atoms with Crippen LogP contribution in [0.1, 0.15) is 11.1 Å². The van der Waals surface area contributed by atoms with Crippen LogP contribution in [0, 0.1) is 4.51 Å². The molecule has 0 spiro atoms. The molecule has 0 atom stereocenters. The molecule has 0 unspecified atom stereocenters. The van der Waals surface area contributed by atoms with Crippen molar-refractivity contribution in [3.05, 3.63) is 76.6 Å². The van der Waals surface area contributed by atoms with Crippen molar-refractivity contribution in [3.63, 3.8) is 0 Å². The molecule has 0 radical (unpaired) electrons. The van der Waals surface area contributed by atoms with Crippen LogP contribution >= 0.6 is 12.2 Å². The van der Waals surface area contributed by atoms with Gasteiger partial charge in [0, 0.05) is 37.6 Å². The van der Waals surface area contributed by atoms with E-state index in [1.165, 1.54) is 24.3 Å². The molecule has 0 saturated heterocycles. The molecule has 0 saturated carbocycles. The highest BCUT2D eigenvalue weighted by atomic mass is 32.1. The lowest BCUT2D eigenvalue weighted by molar-refractivity contribution is -0.138. The quantitative estimate of drug-likeness (QED) is 0.326. The van der Waals surface area contributed by atoms with Crippen LogP contribution in [0.2, 0.25) is 0 Å². The summed E-state index contributed by atoms with van der Waals surface area (Å²) in [6.45, 7) is 0. The standard InChI is InChI=1S/C21H16F6N2S/c1-28(2)29-11-17(13-5-3-7-15(9-13)20(22,23)24)19(30)18(12-29)14-6-4-8-16(10-14)21(25,26)27/h3-12H,1-2H3. The number of hydrogen-bond acceptors (Lipinski definition) is 2. The van der Waals surface area contributed by atoms with Gasteiger partial charge in [0.15, 0.2) is 0 Å². The zero-order valence-corrected chi connectivity index (χ0v) is 16.7. The Morgan fingerprint density at radius 3 is 1.47 bits per heavy atom. The van der Waals surface area contributed by atoms with E-state index in [1.807, 2.05) is 0 Å². The maximum atomic E-state index is 13.1. The van der Waals surface area contributed by atoms with Crippen molar-refractivity contribution >= 4 is 12.2 Å². The van der Waals surface area contributed by atoms with Crippen LogP contribution in [0.25, 0.3) is 22.3 Å². The predicted molar refractivity (Wildman–Crippen MR) is 106 cm³/mol. The lowest BCUT2D eigenvalue weighted by Gasteiger charge is -2.21. The molecule has 0 aliphatic heterocycles. The minimum Gasteiger partial charge on any atom is -0.319 e. The first-order valence-electron chi connectivity index (χ1n) is 8.67. The zero-order valence-electron chi connectivity index (χ0n) is 15.8. The van der Waals surface area contributed by atoms with Gasteiger partial charge in [-0.05, 0) is 35.4 Å². The summed E-state index contributed by atoms with van der Waals surface area (Å²) in [4.78, 5) is 0. The Hall–Kier alpha value is -2.81. The van der Waals surface area contributed by atoms with Crippen molar-refractivity contribution in [2.24, 2.45) is 0 Å². The summed E-state index contributed by atoms with van der Waals surface area (Å²) in [5, 5.41) is 1.63. The van der Waals surface area contributed by atoms with Crippen molar-refractivity contribution < 1.29 is 26.3 Å². The van der Waals surface area contributed by atoms with Crippen molar-refractivity contribution in [2.45, 2.75) is 12.4 Å². The van der Waals surface area contributed by atoms with E-state index in [0.717, 1.165) is 24.3 Å². The normalized spacial score (nSPS) is 12.1. The molecule has 158 valence electrons. The second-order valence-electron chi connectivity index (χ2n) is 6.80. The van der Waals surface area contributed by atoms with Gasteiger partial charge in [0.05, 0.1) is 15.6 Å². The largest absolute Gasteiger partial charge is 0.416 e. The fourth-order valence-corrected chi connectivity index (χ4v) is 3.27. The minimum atomic E-state index is -4.53. The topological polar surface area (TPSA) is 8.17 Å². The molecule has 2 aromatic carbocycles. The molecular formula is C21H16F6N2S. The first-order valence-corrected chi connectivity index (χ1v) is 9.08. The van der Waals surface area contributed by atoms with Gasteiger partial charge in [-0.1, -0.05) is 36.5 Å². The summed E-state index contributed by atoms with van der Waals surface area (Å²) in [5.41, 5.74) is -0.622. The highest BCUT2D eigenvalue weighted by Crippen LogP contribution is 2.36. The number of halogens is 6. The molecule has 0 aliphatic rings. The second-order valence-corrected chi connectivity index (χ2v) is 7.21. The zero-order chi connectivity index (χ0) is 22.3. The highest BCUT2D eigenvalue weighted by Gasteiger charge is 2.31. The van der Waals surface area contributed by atoms with Crippen LogP contribution in [0.4, 0.5) is 26.3 Å². The van der Waals surface area contributed by atoms with Crippen LogP contribution in [0.15, 0.2) is 60.9 Å². The average molecular weight is 442 g/mol. The molecule has 0 bridgehead atoms. The molecular weight excluding hydrogens is 426 g/mol. The third kappa shape index (κ3) is 4.51. The van der Waals surface area contributed by atoms with Crippen LogP contribution in [-0.2, 0) is 12.4 Å². The Morgan fingerprint density at radius 2 is 1.13 bits per heavy atom. The van der Waals surface area contributed by atoms with E-state index in [9.17, 15) is 26.3 Å². The van der Waals surface area contributed by atoms with Crippen LogP contribution in [0.5, 0.6) is 0 Å². The Morgan fingerprint density at radius 1 is 0.733 bits per heavy atom. The van der Waals surface area contributed by atoms with E-state index in [2.05, 4.69) is 0 Å². The second kappa shape index (κ2) is 7.79. The SMILES string of the molecule is CN(C)n1cc(-c2cccc(C(F)(F)F)c2)c(=S)c(-c2cccc(C(F)(F)F)c2)c1. The van der Waals surface area contributed by atoms with E-state index in [0.29, 0.717) is 11.1 Å². The molecule has 1 heterocycles. The van der Waals surface area contributed by atoms with Gasteiger partial charge in [0.1, 0.15) is 0 Å². The van der Waals surface area contributed by atoms with Gasteiger partial charge >= 0.3 is 12.4 Å². The first kappa shape index (κ1) is 21.9. The van der Waals surface area contributed by atoms with Crippen LogP contribution in [0.3, 0.4) is 0 Å². The van der Waals surface area contributed by atoms with Crippen LogP contribution < -0.4 is 5.01 Å². The van der Waals surface area contributed by atoms with E-state index >= 15 is 0 Å². The lowest BCUT2D eigenvalue weighted by Crippen LogP contribution is -2.24. The third-order valence-corrected chi connectivity index (χ3v) is 4.92. The summed E-state index contributed by atoms with van der Waals surface area (Å²) in [7, 11) is 3.38. The van der Waals surface area contributed by atoms with Gasteiger partial charge in [-0.2, -0.15) is 26.3 Å². The third-order valence-electron chi connectivity index (χ3n) is 4.48. The number of rotatable bonds is 3. The molecule has 0 fully saturated rings. The molecule has 0 amide bonds. The van der Waals surface area contributed by atoms with Crippen molar-refractivity contribution in [1.29, 1.82) is 0 Å². The maximum Gasteiger partial charge on any atom is 0.416 e. The molecule has 9 heteroatoms. The van der Waals surface area contributed by atoms with Gasteiger partial charge in [-0.25, -0.2) is 0 Å². The van der Waals surface area contributed by atoms with Gasteiger partial charge < -0.3 is 5.01 Å². The van der Waals surface area contributed by atoms with Crippen molar-refractivity contribution in [1.82, 2.24) is 4.68 Å². The Kier molecular flexibility index (Phi) is 5.68. The number of benzene rings is 2. The lowest BCUT2D eigenvalue weighted by atomic mass is 9.99. The van der Waals surface area contributed by atoms with Gasteiger partial charge in [0.25, 0.3) is 0 Å². The van der Waals surface area contributed by atoms with Crippen molar-refractivity contribution in [3.8, 4) is 22.3 Å². The van der Waals surface area contributed by atoms with E-state index in [-0.39, 0.29) is 15.6 Å². The Balaban J connectivity index is 2.26. The number of hydrogen-bond donors (Lipinski definition) is 0. The molecule has 0 N–H and O–H groups in total. The predicted octanol–water partition coefficient (Wildman–Crippen LogP) is 6.79. The molecule has 3 rings (SSSR count). The number of alkyl halides is 6. The van der Waals surface area contributed by atoms with Gasteiger partial charge in [-0.15, -0.1) is 0 Å². The van der Waals surface area contributed by atoms with E-state index in [1.54, 1.807) is 36.2 Å². The minimum absolute atomic E-state index is 0.159. The van der Waals surface area contributed by atoms with Gasteiger partial charge in [0.2, 0.25) is 0 Å². The summed E-state index contributed by atoms with van der Waals surface area (Å²) in [6, 6.07) is 9.34. The monoisotopic (exact) mass is 442 g/mol. The molecule has 0 aliphatic carbocycles. The smallest absolute Gasteiger partial charge is 0.319 e. The summed E-state index contributed by atoms with van der Waals surface area (Å²) in [5.74, 6) is 0. The number of pyridine rings is 1. The molecule has 2 nitrogen and oxygen atoms in total. The van der Waals surface area contributed by atoms with Crippen molar-refractivity contribution in [2.75, 3.05) is 19.1 Å². The van der Waals surface area contributed by atoms with E-state index < -0.39 is 23.5 Å². The van der Waals surface area contributed by atoms with E-state index in [4.69, 9.17) is 12.2 Å². The number of nitrogens with zero attached hydrogens (tertiary/aromatic N) is 2. The molecule has 30 heavy (non-hydrogen) atoms. The fraction of sp³-hybridized carbons (Fsp3) is 0.190. The number of aromatic nitrogens is 1.